The van der Waals surface area contributed by atoms with Gasteiger partial charge in [0, 0.05) is 36.3 Å². The van der Waals surface area contributed by atoms with Crippen molar-refractivity contribution in [2.75, 3.05) is 20.3 Å². The van der Waals surface area contributed by atoms with E-state index in [2.05, 4.69) is 58.4 Å². The summed E-state index contributed by atoms with van der Waals surface area (Å²) in [5, 5.41) is 3.65. The second-order valence-electron chi connectivity index (χ2n) is 8.70. The van der Waals surface area contributed by atoms with E-state index >= 15 is 0 Å². The van der Waals surface area contributed by atoms with E-state index in [0.29, 0.717) is 18.7 Å². The monoisotopic (exact) mass is 422 g/mol. The molecular weight excluding hydrogens is 396 g/mol. The van der Waals surface area contributed by atoms with E-state index in [-0.39, 0.29) is 0 Å². The second-order valence-corrected chi connectivity index (χ2v) is 8.70. The lowest BCUT2D eigenvalue weighted by atomic mass is 9.78. The fourth-order valence-electron chi connectivity index (χ4n) is 5.17. The summed E-state index contributed by atoms with van der Waals surface area (Å²) < 4.78 is 11.6. The standard InChI is InChI=1S/C28H26N2O2/c1-31-26-16-22-7-4-10-29-28(22)27(18-26)32-12-11-30-24-14-23(15-25(30)17-24)21-9-8-19-5-2-3-6-20(19)13-21/h2-10,13-14,16,18,24-25H,11-12,15,17H2,1H3. The van der Waals surface area contributed by atoms with Gasteiger partial charge in [0.2, 0.25) is 0 Å². The third-order valence-corrected chi connectivity index (χ3v) is 6.86. The van der Waals surface area contributed by atoms with Crippen LogP contribution < -0.4 is 9.47 Å². The smallest absolute Gasteiger partial charge is 0.149 e. The molecule has 4 nitrogen and oxygen atoms in total. The highest BCUT2D eigenvalue weighted by molar-refractivity contribution is 5.87. The number of benzene rings is 3. The minimum atomic E-state index is 0.513. The predicted octanol–water partition coefficient (Wildman–Crippen LogP) is 5.71. The maximum absolute atomic E-state index is 6.19. The van der Waals surface area contributed by atoms with Gasteiger partial charge < -0.3 is 9.47 Å². The molecule has 4 aromatic rings. The first kappa shape index (κ1) is 19.3. The van der Waals surface area contributed by atoms with Crippen molar-refractivity contribution in [3.8, 4) is 11.5 Å². The van der Waals surface area contributed by atoms with Gasteiger partial charge in [-0.15, -0.1) is 0 Å². The Morgan fingerprint density at radius 1 is 0.969 bits per heavy atom. The van der Waals surface area contributed by atoms with Crippen LogP contribution in [0, 0.1) is 0 Å². The SMILES string of the molecule is COc1cc(OCCN2C3C=C(c4ccc5ccccc5c4)CC2C3)c2ncccc2c1. The van der Waals surface area contributed by atoms with Crippen LogP contribution in [0.4, 0.5) is 0 Å². The quantitative estimate of drug-likeness (QED) is 0.399. The molecule has 1 aliphatic carbocycles. The predicted molar refractivity (Wildman–Crippen MR) is 129 cm³/mol. The zero-order valence-corrected chi connectivity index (χ0v) is 18.2. The Kier molecular flexibility index (Phi) is 4.80. The maximum Gasteiger partial charge on any atom is 0.149 e. The molecule has 32 heavy (non-hydrogen) atoms. The maximum atomic E-state index is 6.19. The molecule has 3 aromatic carbocycles. The number of ether oxygens (including phenoxy) is 2. The lowest BCUT2D eigenvalue weighted by Gasteiger charge is -2.51. The summed E-state index contributed by atoms with van der Waals surface area (Å²) in [6, 6.07) is 24.5. The molecule has 7 rings (SSSR count). The summed E-state index contributed by atoms with van der Waals surface area (Å²) in [5.41, 5.74) is 3.73. The highest BCUT2D eigenvalue weighted by Gasteiger charge is 2.40. The van der Waals surface area contributed by atoms with E-state index in [1.165, 1.54) is 28.3 Å². The van der Waals surface area contributed by atoms with Gasteiger partial charge >= 0.3 is 0 Å². The molecule has 160 valence electrons. The first-order valence-electron chi connectivity index (χ1n) is 11.3. The number of methoxy groups -OCH3 is 1. The largest absolute Gasteiger partial charge is 0.497 e. The number of hydrogen-bond acceptors (Lipinski definition) is 4. The molecule has 2 unspecified atom stereocenters. The van der Waals surface area contributed by atoms with Crippen molar-refractivity contribution < 1.29 is 9.47 Å². The summed E-state index contributed by atoms with van der Waals surface area (Å²) in [7, 11) is 1.68. The molecule has 0 saturated carbocycles. The van der Waals surface area contributed by atoms with E-state index in [9.17, 15) is 0 Å². The third-order valence-electron chi connectivity index (χ3n) is 6.86. The highest BCUT2D eigenvalue weighted by atomic mass is 16.5. The first-order chi connectivity index (χ1) is 15.8. The lowest BCUT2D eigenvalue weighted by molar-refractivity contribution is 0.0265. The topological polar surface area (TPSA) is 34.6 Å². The number of rotatable bonds is 6. The molecule has 2 aliphatic heterocycles. The summed E-state index contributed by atoms with van der Waals surface area (Å²) in [6.45, 7) is 1.56. The van der Waals surface area contributed by atoms with Crippen LogP contribution in [-0.2, 0) is 0 Å². The Hall–Kier alpha value is -3.37. The Labute approximate surface area is 188 Å². The molecular formula is C28H26N2O2. The molecule has 0 spiro atoms. The van der Waals surface area contributed by atoms with Gasteiger partial charge in [-0.1, -0.05) is 48.5 Å². The van der Waals surface area contributed by atoms with Crippen molar-refractivity contribution in [3.63, 3.8) is 0 Å². The van der Waals surface area contributed by atoms with Crippen LogP contribution in [0.2, 0.25) is 0 Å². The van der Waals surface area contributed by atoms with Crippen molar-refractivity contribution in [1.29, 1.82) is 0 Å². The fourth-order valence-corrected chi connectivity index (χ4v) is 5.17. The Balaban J connectivity index is 1.14. The van der Waals surface area contributed by atoms with Crippen LogP contribution in [0.3, 0.4) is 0 Å². The van der Waals surface area contributed by atoms with E-state index in [1.807, 2.05) is 24.3 Å². The van der Waals surface area contributed by atoms with Gasteiger partial charge in [-0.2, -0.15) is 0 Å². The Bertz CT molecular complexity index is 1330. The number of nitrogens with zero attached hydrogens (tertiary/aromatic N) is 2. The van der Waals surface area contributed by atoms with Crippen LogP contribution in [-0.4, -0.2) is 42.2 Å². The molecule has 2 bridgehead atoms. The molecule has 0 N–H and O–H groups in total. The summed E-state index contributed by atoms with van der Waals surface area (Å²) >= 11 is 0. The van der Waals surface area contributed by atoms with Crippen molar-refractivity contribution in [3.05, 3.63) is 84.6 Å². The van der Waals surface area contributed by atoms with E-state index in [0.717, 1.165) is 35.4 Å². The average molecular weight is 423 g/mol. The van der Waals surface area contributed by atoms with Gasteiger partial charge in [0.05, 0.1) is 7.11 Å². The Morgan fingerprint density at radius 3 is 2.69 bits per heavy atom. The van der Waals surface area contributed by atoms with Crippen LogP contribution in [0.15, 0.2) is 79.0 Å². The molecule has 4 heteroatoms. The molecule has 1 fully saturated rings. The number of aromatic nitrogens is 1. The normalized spacial score (nSPS) is 20.1. The van der Waals surface area contributed by atoms with Crippen LogP contribution in [0.1, 0.15) is 18.4 Å². The summed E-state index contributed by atoms with van der Waals surface area (Å²) in [5.74, 6) is 1.59. The van der Waals surface area contributed by atoms with Gasteiger partial charge in [0.15, 0.2) is 0 Å². The zero-order valence-electron chi connectivity index (χ0n) is 18.2. The van der Waals surface area contributed by atoms with Gasteiger partial charge in [0.1, 0.15) is 23.6 Å². The molecule has 1 aromatic heterocycles. The Morgan fingerprint density at radius 2 is 1.84 bits per heavy atom. The van der Waals surface area contributed by atoms with Crippen LogP contribution >= 0.6 is 0 Å². The first-order valence-corrected chi connectivity index (χ1v) is 11.3. The fraction of sp³-hybridized carbons (Fsp3) is 0.250. The molecule has 0 radical (unpaired) electrons. The van der Waals surface area contributed by atoms with Crippen molar-refractivity contribution in [1.82, 2.24) is 9.88 Å². The molecule has 0 amide bonds. The summed E-state index contributed by atoms with van der Waals surface area (Å²) in [4.78, 5) is 7.08. The van der Waals surface area contributed by atoms with Gasteiger partial charge in [-0.05, 0) is 52.9 Å². The summed E-state index contributed by atoms with van der Waals surface area (Å²) in [6.07, 6.45) is 6.63. The highest BCUT2D eigenvalue weighted by Crippen LogP contribution is 2.41. The molecule has 1 saturated heterocycles. The molecule has 2 atom stereocenters. The van der Waals surface area contributed by atoms with Crippen molar-refractivity contribution >= 4 is 27.2 Å². The van der Waals surface area contributed by atoms with Crippen molar-refractivity contribution in [2.45, 2.75) is 24.9 Å². The van der Waals surface area contributed by atoms with E-state index < -0.39 is 0 Å². The molecule has 3 heterocycles. The van der Waals surface area contributed by atoms with Gasteiger partial charge in [-0.3, -0.25) is 9.88 Å². The van der Waals surface area contributed by atoms with Gasteiger partial charge in [0.25, 0.3) is 0 Å². The third kappa shape index (κ3) is 3.41. The van der Waals surface area contributed by atoms with E-state index in [1.54, 1.807) is 13.3 Å². The second kappa shape index (κ2) is 7.95. The van der Waals surface area contributed by atoms with Crippen LogP contribution in [0.5, 0.6) is 11.5 Å². The number of hydrogen-bond donors (Lipinski definition) is 0. The van der Waals surface area contributed by atoms with Crippen LogP contribution in [0.25, 0.3) is 27.2 Å². The number of fused-ring (bicyclic) bond motifs is 3. The lowest BCUT2D eigenvalue weighted by Crippen LogP contribution is -2.58. The van der Waals surface area contributed by atoms with E-state index in [4.69, 9.17) is 9.47 Å². The minimum Gasteiger partial charge on any atom is -0.497 e. The average Bonchev–Trinajstić information content (AvgIpc) is 2.86. The zero-order chi connectivity index (χ0) is 21.5. The van der Waals surface area contributed by atoms with Gasteiger partial charge in [-0.25, -0.2) is 0 Å². The van der Waals surface area contributed by atoms with Crippen molar-refractivity contribution in [2.24, 2.45) is 0 Å². The minimum absolute atomic E-state index is 0.513. The molecule has 3 aliphatic rings. The number of pyridine rings is 1.